The molecule has 0 aliphatic rings. The zero-order valence-electron chi connectivity index (χ0n) is 17.8. The molecule has 0 aliphatic heterocycles. The number of aromatic nitrogens is 3. The molecule has 0 atom stereocenters. The van der Waals surface area contributed by atoms with Crippen LogP contribution >= 0.6 is 11.6 Å². The molecule has 160 valence electrons. The average molecular weight is 432 g/mol. The van der Waals surface area contributed by atoms with E-state index in [9.17, 15) is 4.79 Å². The summed E-state index contributed by atoms with van der Waals surface area (Å²) in [5.74, 6) is 0.464. The highest BCUT2D eigenvalue weighted by Crippen LogP contribution is 2.27. The fourth-order valence-corrected chi connectivity index (χ4v) is 2.83. The summed E-state index contributed by atoms with van der Waals surface area (Å²) in [4.78, 5) is 15.9. The zero-order valence-corrected chi connectivity index (χ0v) is 18.6. The van der Waals surface area contributed by atoms with Gasteiger partial charge in [0.25, 0.3) is 0 Å². The van der Waals surface area contributed by atoms with Crippen molar-refractivity contribution in [3.63, 3.8) is 0 Å². The molecule has 0 fully saturated rings. The lowest BCUT2D eigenvalue weighted by molar-refractivity contribution is -0.139. The first kappa shape index (κ1) is 22.1. The topological polar surface area (TPSA) is 79.4 Å². The lowest BCUT2D eigenvalue weighted by Gasteiger charge is -2.21. The second kappa shape index (κ2) is 9.02. The van der Waals surface area contributed by atoms with Crippen LogP contribution in [-0.4, -0.2) is 32.3 Å². The van der Waals surface area contributed by atoms with E-state index in [0.29, 0.717) is 28.7 Å². The van der Waals surface area contributed by atoms with E-state index in [0.717, 1.165) is 5.56 Å². The van der Waals surface area contributed by atoms with Crippen LogP contribution < -0.4 is 4.74 Å². The lowest BCUT2D eigenvalue weighted by atomic mass is 10.1. The first-order valence-corrected chi connectivity index (χ1v) is 10.1. The van der Waals surface area contributed by atoms with Crippen LogP contribution in [0.25, 0.3) is 11.5 Å². The summed E-state index contributed by atoms with van der Waals surface area (Å²) < 4.78 is 18.9. The summed E-state index contributed by atoms with van der Waals surface area (Å²) in [6.45, 7) is 9.40. The predicted octanol–water partition coefficient (Wildman–Crippen LogP) is 4.91. The number of halogens is 1. The number of carbonyl (C=O) groups is 1. The van der Waals surface area contributed by atoms with E-state index in [1.165, 1.54) is 6.92 Å². The number of nitrogens with zero attached hydrogens (tertiary/aromatic N) is 3. The highest BCUT2D eigenvalue weighted by molar-refractivity contribution is 6.31. The number of rotatable bonds is 9. The minimum atomic E-state index is -0.892. The third-order valence-electron chi connectivity index (χ3n) is 4.61. The molecule has 0 radical (unpaired) electrons. The van der Waals surface area contributed by atoms with Crippen molar-refractivity contribution in [2.45, 2.75) is 59.5 Å². The predicted molar refractivity (Wildman–Crippen MR) is 114 cm³/mol. The molecule has 3 rings (SSSR count). The molecule has 0 N–H and O–H groups in total. The summed E-state index contributed by atoms with van der Waals surface area (Å²) in [6.07, 6.45) is 1.74. The molecule has 7 nitrogen and oxygen atoms in total. The van der Waals surface area contributed by atoms with Gasteiger partial charge in [0.15, 0.2) is 11.5 Å². The molecule has 0 unspecified atom stereocenters. The van der Waals surface area contributed by atoms with Crippen molar-refractivity contribution in [3.8, 4) is 17.5 Å². The van der Waals surface area contributed by atoms with Crippen molar-refractivity contribution >= 4 is 17.4 Å². The molecule has 0 saturated carbocycles. The van der Waals surface area contributed by atoms with Crippen molar-refractivity contribution in [2.75, 3.05) is 0 Å². The quantitative estimate of drug-likeness (QED) is 0.478. The smallest absolute Gasteiger partial charge is 0.394 e. The van der Waals surface area contributed by atoms with Crippen LogP contribution in [-0.2, 0) is 22.7 Å². The summed E-state index contributed by atoms with van der Waals surface area (Å²) in [7, 11) is 0. The largest absolute Gasteiger partial charge is 0.447 e. The van der Waals surface area contributed by atoms with Crippen LogP contribution in [0.5, 0.6) is 6.08 Å². The fraction of sp³-hybridized carbons (Fsp3) is 0.409. The Morgan fingerprint density at radius 1 is 1.30 bits per heavy atom. The van der Waals surface area contributed by atoms with Crippen LogP contribution in [0.1, 0.15) is 45.9 Å². The van der Waals surface area contributed by atoms with Gasteiger partial charge in [-0.1, -0.05) is 29.8 Å². The van der Waals surface area contributed by atoms with Crippen molar-refractivity contribution in [1.29, 1.82) is 0 Å². The van der Waals surface area contributed by atoms with E-state index in [1.54, 1.807) is 24.7 Å². The summed E-state index contributed by atoms with van der Waals surface area (Å²) in [5.41, 5.74) is 1.39. The van der Waals surface area contributed by atoms with Gasteiger partial charge < -0.3 is 13.9 Å². The van der Waals surface area contributed by atoms with Gasteiger partial charge in [-0.2, -0.15) is 10.1 Å². The van der Waals surface area contributed by atoms with Gasteiger partial charge in [-0.25, -0.2) is 0 Å². The van der Waals surface area contributed by atoms with Gasteiger partial charge in [0.2, 0.25) is 0 Å². The molecule has 3 aromatic rings. The lowest BCUT2D eigenvalue weighted by Crippen LogP contribution is -2.32. The molecule has 0 saturated heterocycles. The third-order valence-corrected chi connectivity index (χ3v) is 4.98. The average Bonchev–Trinajstić information content (AvgIpc) is 3.28. The van der Waals surface area contributed by atoms with Crippen molar-refractivity contribution in [1.82, 2.24) is 14.8 Å². The maximum absolute atomic E-state index is 11.7. The summed E-state index contributed by atoms with van der Waals surface area (Å²) >= 11 is 6.34. The van der Waals surface area contributed by atoms with Gasteiger partial charge >= 0.3 is 6.08 Å². The first-order chi connectivity index (χ1) is 14.2. The Bertz CT molecular complexity index is 1020. The maximum Gasteiger partial charge on any atom is 0.394 e. The van der Waals surface area contributed by atoms with Crippen molar-refractivity contribution in [2.24, 2.45) is 0 Å². The Labute approximate surface area is 181 Å². The molecule has 0 aliphatic carbocycles. The van der Waals surface area contributed by atoms with E-state index >= 15 is 0 Å². The molecule has 0 bridgehead atoms. The van der Waals surface area contributed by atoms with Crippen LogP contribution in [0.4, 0.5) is 0 Å². The van der Waals surface area contributed by atoms with Gasteiger partial charge in [0, 0.05) is 5.02 Å². The standard InChI is InChI=1S/C22H26ClN3O4/c1-14(2)29-21-24-11-20(30-21)19-10-17(13-28-22(4,5)15(3)27)25-26(19)12-16-8-6-7-9-18(16)23/h6-11,14H,12-13H2,1-5H3. The second-order valence-corrected chi connectivity index (χ2v) is 8.19. The molecule has 0 spiro atoms. The number of ketones is 1. The Morgan fingerprint density at radius 2 is 2.03 bits per heavy atom. The Kier molecular flexibility index (Phi) is 6.63. The Hall–Kier alpha value is -2.64. The normalized spacial score (nSPS) is 11.8. The van der Waals surface area contributed by atoms with Crippen LogP contribution in [0.15, 0.2) is 40.9 Å². The Balaban J connectivity index is 1.92. The highest BCUT2D eigenvalue weighted by Gasteiger charge is 2.25. The van der Waals surface area contributed by atoms with Crippen molar-refractivity contribution in [3.05, 3.63) is 52.8 Å². The van der Waals surface area contributed by atoms with Crippen molar-refractivity contribution < 1.29 is 18.7 Å². The molecular weight excluding hydrogens is 406 g/mol. The molecular formula is C22H26ClN3O4. The van der Waals surface area contributed by atoms with Gasteiger partial charge in [0.05, 0.1) is 31.1 Å². The zero-order chi connectivity index (χ0) is 21.9. The number of Topliss-reactive ketones (excluding diaryl/α,β-unsaturated/α-hetero) is 1. The molecule has 8 heteroatoms. The summed E-state index contributed by atoms with van der Waals surface area (Å²) in [6, 6.07) is 9.43. The number of ether oxygens (including phenoxy) is 2. The minimum absolute atomic E-state index is 0.0519. The number of hydrogen-bond donors (Lipinski definition) is 0. The van der Waals surface area contributed by atoms with E-state index in [1.807, 2.05) is 44.2 Å². The third kappa shape index (κ3) is 5.29. The highest BCUT2D eigenvalue weighted by atomic mass is 35.5. The molecule has 1 aromatic carbocycles. The molecule has 2 heterocycles. The number of oxazole rings is 1. The van der Waals surface area contributed by atoms with E-state index < -0.39 is 5.60 Å². The van der Waals surface area contributed by atoms with Crippen LogP contribution in [0, 0.1) is 0 Å². The Morgan fingerprint density at radius 3 is 2.70 bits per heavy atom. The van der Waals surface area contributed by atoms with E-state index in [-0.39, 0.29) is 24.6 Å². The van der Waals surface area contributed by atoms with E-state index in [2.05, 4.69) is 10.1 Å². The molecule has 0 amide bonds. The summed E-state index contributed by atoms with van der Waals surface area (Å²) in [5, 5.41) is 5.30. The minimum Gasteiger partial charge on any atom is -0.447 e. The van der Waals surface area contributed by atoms with E-state index in [4.69, 9.17) is 25.5 Å². The number of carbonyl (C=O) groups excluding carboxylic acids is 1. The molecule has 2 aromatic heterocycles. The first-order valence-electron chi connectivity index (χ1n) is 9.73. The van der Waals surface area contributed by atoms with Gasteiger partial charge in [-0.15, -0.1) is 0 Å². The van der Waals surface area contributed by atoms with Gasteiger partial charge in [-0.05, 0) is 52.3 Å². The monoisotopic (exact) mass is 431 g/mol. The maximum atomic E-state index is 11.7. The van der Waals surface area contributed by atoms with Gasteiger partial charge in [-0.3, -0.25) is 9.48 Å². The SMILES string of the molecule is CC(=O)C(C)(C)OCc1cc(-c2cnc(OC(C)C)o2)n(Cc2ccccc2Cl)n1. The van der Waals surface area contributed by atoms with Crippen LogP contribution in [0.3, 0.4) is 0 Å². The van der Waals surface area contributed by atoms with Crippen LogP contribution in [0.2, 0.25) is 5.02 Å². The second-order valence-electron chi connectivity index (χ2n) is 7.78. The molecule has 30 heavy (non-hydrogen) atoms. The number of benzene rings is 1. The number of hydrogen-bond acceptors (Lipinski definition) is 6. The van der Waals surface area contributed by atoms with Gasteiger partial charge in [0.1, 0.15) is 11.3 Å². The fourth-order valence-electron chi connectivity index (χ4n) is 2.64.